The molecule has 0 spiro atoms. The van der Waals surface area contributed by atoms with Crippen LogP contribution in [-0.2, 0) is 0 Å². The Bertz CT molecular complexity index is 648. The van der Waals surface area contributed by atoms with E-state index in [9.17, 15) is 14.9 Å². The third-order valence-electron chi connectivity index (χ3n) is 2.62. The van der Waals surface area contributed by atoms with Crippen LogP contribution in [-0.4, -0.2) is 11.2 Å². The molecule has 0 aliphatic carbocycles. The van der Waals surface area contributed by atoms with Crippen molar-refractivity contribution < 1.29 is 14.5 Å². The molecule has 98 valence electrons. The molecule has 0 aliphatic heterocycles. The highest BCUT2D eigenvalue weighted by atomic mass is 32.1. The molecule has 0 saturated carbocycles. The molecule has 5 nitrogen and oxygen atoms in total. The van der Waals surface area contributed by atoms with Gasteiger partial charge in [-0.25, -0.2) is 0 Å². The Balaban J connectivity index is 2.33. The molecule has 0 saturated heterocycles. The fourth-order valence-electron chi connectivity index (χ4n) is 1.64. The van der Waals surface area contributed by atoms with Crippen LogP contribution in [0.3, 0.4) is 0 Å². The number of carbonyl (C=O) groups is 1. The van der Waals surface area contributed by atoms with Gasteiger partial charge >= 0.3 is 0 Å². The predicted octanol–water partition coefficient (Wildman–Crippen LogP) is 3.88. The maximum absolute atomic E-state index is 10.8. The molecular formula is C13H11NO4S. The molecule has 2 aromatic rings. The van der Waals surface area contributed by atoms with Crippen LogP contribution in [0, 0.1) is 24.0 Å². The first-order valence-electron chi connectivity index (χ1n) is 5.50. The second-order valence-electron chi connectivity index (χ2n) is 4.04. The number of rotatable bonds is 4. The predicted molar refractivity (Wildman–Crippen MR) is 72.4 cm³/mol. The maximum atomic E-state index is 10.8. The highest BCUT2D eigenvalue weighted by Gasteiger charge is 2.14. The number of aryl methyl sites for hydroxylation is 2. The van der Waals surface area contributed by atoms with Gasteiger partial charge in [-0.05, 0) is 37.6 Å². The van der Waals surface area contributed by atoms with Crippen molar-refractivity contribution in [3.8, 4) is 10.8 Å². The summed E-state index contributed by atoms with van der Waals surface area (Å²) in [6, 6.07) is 6.48. The lowest BCUT2D eigenvalue weighted by Gasteiger charge is -2.08. The number of hydrogen-bond acceptors (Lipinski definition) is 5. The second-order valence-corrected chi connectivity index (χ2v) is 5.12. The number of ether oxygens (including phenoxy) is 1. The molecule has 0 amide bonds. The smallest absolute Gasteiger partial charge is 0.272 e. The van der Waals surface area contributed by atoms with Gasteiger partial charge in [0.1, 0.15) is 5.75 Å². The number of hydrogen-bond donors (Lipinski definition) is 0. The van der Waals surface area contributed by atoms with E-state index in [1.165, 1.54) is 17.4 Å². The SMILES string of the molecule is Cc1cc([N+](=O)[O-])c(C)cc1Oc1ccc(C=O)s1. The van der Waals surface area contributed by atoms with Gasteiger partial charge in [-0.1, -0.05) is 11.3 Å². The average molecular weight is 277 g/mol. The molecule has 0 atom stereocenters. The van der Waals surface area contributed by atoms with Crippen molar-refractivity contribution in [3.05, 3.63) is 50.4 Å². The van der Waals surface area contributed by atoms with E-state index < -0.39 is 4.92 Å². The summed E-state index contributed by atoms with van der Waals surface area (Å²) in [6.07, 6.45) is 0.755. The van der Waals surface area contributed by atoms with E-state index in [0.717, 1.165) is 6.29 Å². The molecule has 19 heavy (non-hydrogen) atoms. The zero-order valence-electron chi connectivity index (χ0n) is 10.4. The number of benzene rings is 1. The molecule has 1 aromatic carbocycles. The summed E-state index contributed by atoms with van der Waals surface area (Å²) in [4.78, 5) is 21.6. The van der Waals surface area contributed by atoms with Crippen LogP contribution in [0.5, 0.6) is 10.8 Å². The lowest BCUT2D eigenvalue weighted by Crippen LogP contribution is -1.94. The highest BCUT2D eigenvalue weighted by molar-refractivity contribution is 7.15. The molecule has 1 heterocycles. The summed E-state index contributed by atoms with van der Waals surface area (Å²) < 4.78 is 5.64. The van der Waals surface area contributed by atoms with Crippen LogP contribution in [0.4, 0.5) is 5.69 Å². The van der Waals surface area contributed by atoms with E-state index in [1.54, 1.807) is 32.0 Å². The minimum atomic E-state index is -0.415. The molecule has 0 unspecified atom stereocenters. The number of carbonyl (C=O) groups excluding carboxylic acids is 1. The van der Waals surface area contributed by atoms with Gasteiger partial charge in [0.25, 0.3) is 5.69 Å². The van der Waals surface area contributed by atoms with Crippen molar-refractivity contribution in [1.29, 1.82) is 0 Å². The molecule has 0 radical (unpaired) electrons. The van der Waals surface area contributed by atoms with Crippen LogP contribution in [0.1, 0.15) is 20.8 Å². The van der Waals surface area contributed by atoms with Crippen molar-refractivity contribution in [1.82, 2.24) is 0 Å². The molecule has 0 N–H and O–H groups in total. The van der Waals surface area contributed by atoms with Gasteiger partial charge < -0.3 is 4.74 Å². The van der Waals surface area contributed by atoms with E-state index >= 15 is 0 Å². The normalized spacial score (nSPS) is 10.2. The summed E-state index contributed by atoms with van der Waals surface area (Å²) in [5.41, 5.74) is 1.29. The van der Waals surface area contributed by atoms with Crippen LogP contribution >= 0.6 is 11.3 Å². The van der Waals surface area contributed by atoms with Gasteiger partial charge in [-0.15, -0.1) is 0 Å². The van der Waals surface area contributed by atoms with Gasteiger partial charge in [0.15, 0.2) is 11.3 Å². The van der Waals surface area contributed by atoms with E-state index in [-0.39, 0.29) is 5.69 Å². The van der Waals surface area contributed by atoms with Crippen LogP contribution in [0.25, 0.3) is 0 Å². The lowest BCUT2D eigenvalue weighted by molar-refractivity contribution is -0.385. The third kappa shape index (κ3) is 2.79. The Morgan fingerprint density at radius 2 is 2.00 bits per heavy atom. The summed E-state index contributed by atoms with van der Waals surface area (Å²) in [5, 5.41) is 11.4. The summed E-state index contributed by atoms with van der Waals surface area (Å²) in [7, 11) is 0. The summed E-state index contributed by atoms with van der Waals surface area (Å²) in [5.74, 6) is 0.558. The van der Waals surface area contributed by atoms with Crippen molar-refractivity contribution in [2.45, 2.75) is 13.8 Å². The zero-order valence-corrected chi connectivity index (χ0v) is 11.2. The standard InChI is InChI=1S/C13H11NO4S/c1-8-6-12(9(2)5-11(8)14(16)17)18-13-4-3-10(7-15)19-13/h3-7H,1-2H3. The fourth-order valence-corrected chi connectivity index (χ4v) is 2.33. The van der Waals surface area contributed by atoms with E-state index in [1.807, 2.05) is 0 Å². The molecule has 6 heteroatoms. The molecule has 0 fully saturated rings. The molecule has 2 rings (SSSR count). The van der Waals surface area contributed by atoms with Crippen molar-refractivity contribution in [2.75, 3.05) is 0 Å². The van der Waals surface area contributed by atoms with Crippen LogP contribution in [0.2, 0.25) is 0 Å². The maximum Gasteiger partial charge on any atom is 0.272 e. The Kier molecular flexibility index (Phi) is 3.62. The molecule has 0 aliphatic rings. The number of nitro benzene ring substituents is 1. The molecular weight excluding hydrogens is 266 g/mol. The average Bonchev–Trinajstić information content (AvgIpc) is 2.80. The first-order chi connectivity index (χ1) is 9.01. The van der Waals surface area contributed by atoms with Crippen molar-refractivity contribution in [2.24, 2.45) is 0 Å². The first-order valence-corrected chi connectivity index (χ1v) is 6.31. The highest BCUT2D eigenvalue weighted by Crippen LogP contribution is 2.33. The molecule has 0 bridgehead atoms. The monoisotopic (exact) mass is 277 g/mol. The van der Waals surface area contributed by atoms with Crippen LogP contribution in [0.15, 0.2) is 24.3 Å². The quantitative estimate of drug-likeness (QED) is 0.483. The number of aldehydes is 1. The first kappa shape index (κ1) is 13.2. The molecule has 1 aromatic heterocycles. The minimum absolute atomic E-state index is 0.0737. The Labute approximate surface area is 113 Å². The van der Waals surface area contributed by atoms with E-state index in [0.29, 0.717) is 26.8 Å². The summed E-state index contributed by atoms with van der Waals surface area (Å²) in [6.45, 7) is 3.41. The number of nitrogens with zero attached hydrogens (tertiary/aromatic N) is 1. The van der Waals surface area contributed by atoms with Crippen LogP contribution < -0.4 is 4.74 Å². The van der Waals surface area contributed by atoms with Gasteiger partial charge in [0, 0.05) is 11.6 Å². The topological polar surface area (TPSA) is 69.4 Å². The third-order valence-corrected chi connectivity index (χ3v) is 3.51. The Morgan fingerprint density at radius 1 is 1.26 bits per heavy atom. The second kappa shape index (κ2) is 5.19. The number of nitro groups is 1. The number of thiophene rings is 1. The Morgan fingerprint density at radius 3 is 2.58 bits per heavy atom. The van der Waals surface area contributed by atoms with Gasteiger partial charge in [-0.3, -0.25) is 14.9 Å². The van der Waals surface area contributed by atoms with E-state index in [4.69, 9.17) is 4.74 Å². The lowest BCUT2D eigenvalue weighted by atomic mass is 10.1. The minimum Gasteiger partial charge on any atom is -0.446 e. The van der Waals surface area contributed by atoms with Crippen molar-refractivity contribution >= 4 is 23.3 Å². The fraction of sp³-hybridized carbons (Fsp3) is 0.154. The largest absolute Gasteiger partial charge is 0.446 e. The van der Waals surface area contributed by atoms with Gasteiger partial charge in [-0.2, -0.15) is 0 Å². The van der Waals surface area contributed by atoms with Gasteiger partial charge in [0.2, 0.25) is 0 Å². The van der Waals surface area contributed by atoms with E-state index in [2.05, 4.69) is 0 Å². The van der Waals surface area contributed by atoms with Crippen molar-refractivity contribution in [3.63, 3.8) is 0 Å². The summed E-state index contributed by atoms with van der Waals surface area (Å²) >= 11 is 1.23. The Hall–Kier alpha value is -2.21. The van der Waals surface area contributed by atoms with Gasteiger partial charge in [0.05, 0.1) is 9.80 Å². The zero-order chi connectivity index (χ0) is 14.0.